The second-order valence-corrected chi connectivity index (χ2v) is 7.74. The zero-order valence-electron chi connectivity index (χ0n) is 15.4. The Bertz CT molecular complexity index is 1090. The maximum atomic E-state index is 13.2. The molecule has 0 unspecified atom stereocenters. The highest BCUT2D eigenvalue weighted by Gasteiger charge is 2.46. The van der Waals surface area contributed by atoms with Crippen LogP contribution in [0.2, 0.25) is 0 Å². The number of nitrogens with zero attached hydrogens (tertiary/aromatic N) is 3. The molecule has 0 radical (unpaired) electrons. The first-order valence-corrected chi connectivity index (χ1v) is 10.2. The molecule has 148 valence electrons. The minimum Gasteiger partial charge on any atom is -0.503 e. The first-order valence-electron chi connectivity index (χ1n) is 8.39. The fourth-order valence-corrected chi connectivity index (χ4v) is 4.45. The molecule has 0 saturated carbocycles. The van der Waals surface area contributed by atoms with Crippen molar-refractivity contribution in [3.05, 3.63) is 63.0 Å². The van der Waals surface area contributed by atoms with Crippen molar-refractivity contribution >= 4 is 39.5 Å². The van der Waals surface area contributed by atoms with Gasteiger partial charge in [-0.05, 0) is 29.1 Å². The molecule has 0 fully saturated rings. The summed E-state index contributed by atoms with van der Waals surface area (Å²) in [5.74, 6) is -0.788. The van der Waals surface area contributed by atoms with Gasteiger partial charge in [0.1, 0.15) is 5.51 Å². The number of hydrogen-bond acceptors (Lipinski definition) is 9. The Hall–Kier alpha value is -3.24. The van der Waals surface area contributed by atoms with Gasteiger partial charge in [-0.1, -0.05) is 23.5 Å². The van der Waals surface area contributed by atoms with Crippen molar-refractivity contribution in [1.82, 2.24) is 10.2 Å². The van der Waals surface area contributed by atoms with E-state index in [9.17, 15) is 14.7 Å². The predicted octanol–water partition coefficient (Wildman–Crippen LogP) is 3.40. The highest BCUT2D eigenvalue weighted by Crippen LogP contribution is 2.44. The Labute approximate surface area is 173 Å². The lowest BCUT2D eigenvalue weighted by molar-refractivity contribution is -0.117. The van der Waals surface area contributed by atoms with E-state index in [1.807, 2.05) is 0 Å². The molecule has 0 spiro atoms. The minimum atomic E-state index is -0.884. The fraction of sp³-hybridized carbons (Fsp3) is 0.158. The number of benzene rings is 1. The van der Waals surface area contributed by atoms with E-state index in [0.717, 1.165) is 11.3 Å². The van der Waals surface area contributed by atoms with Crippen LogP contribution in [0.4, 0.5) is 5.13 Å². The van der Waals surface area contributed by atoms with Crippen molar-refractivity contribution in [2.75, 3.05) is 19.1 Å². The van der Waals surface area contributed by atoms with Crippen LogP contribution in [-0.4, -0.2) is 41.2 Å². The molecule has 1 N–H and O–H groups in total. The largest absolute Gasteiger partial charge is 0.503 e. The Balaban J connectivity index is 1.89. The standard InChI is InChI=1S/C19H15N3O5S2/c1-26-11-6-5-10(8-12(11)27-2)15-14(16(23)13-4-3-7-28-13)17(24)18(25)22(15)19-21-20-9-29-19/h3-9,15,24H,1-2H3/t15-/m0/s1. The second-order valence-electron chi connectivity index (χ2n) is 5.98. The maximum Gasteiger partial charge on any atom is 0.296 e. The van der Waals surface area contributed by atoms with E-state index in [0.29, 0.717) is 21.9 Å². The van der Waals surface area contributed by atoms with Gasteiger partial charge in [-0.25, -0.2) is 0 Å². The summed E-state index contributed by atoms with van der Waals surface area (Å²) >= 11 is 2.37. The summed E-state index contributed by atoms with van der Waals surface area (Å²) in [5.41, 5.74) is 2.03. The van der Waals surface area contributed by atoms with E-state index in [1.165, 1.54) is 36.0 Å². The number of thiophene rings is 1. The van der Waals surface area contributed by atoms with Gasteiger partial charge in [0.25, 0.3) is 5.91 Å². The van der Waals surface area contributed by atoms with Gasteiger partial charge >= 0.3 is 0 Å². The van der Waals surface area contributed by atoms with Crippen molar-refractivity contribution < 1.29 is 24.2 Å². The molecule has 29 heavy (non-hydrogen) atoms. The van der Waals surface area contributed by atoms with E-state index < -0.39 is 23.5 Å². The number of carbonyl (C=O) groups excluding carboxylic acids is 2. The lowest BCUT2D eigenvalue weighted by Gasteiger charge is -2.24. The molecule has 4 rings (SSSR count). The number of ketones is 1. The van der Waals surface area contributed by atoms with E-state index in [-0.39, 0.29) is 10.7 Å². The summed E-state index contributed by atoms with van der Waals surface area (Å²) in [5, 5.41) is 20.4. The predicted molar refractivity (Wildman–Crippen MR) is 108 cm³/mol. The number of hydrogen-bond donors (Lipinski definition) is 1. The number of carbonyl (C=O) groups is 2. The first-order chi connectivity index (χ1) is 14.1. The molecule has 1 aliphatic heterocycles. The van der Waals surface area contributed by atoms with Crippen LogP contribution >= 0.6 is 22.7 Å². The number of aliphatic hydroxyl groups is 1. The van der Waals surface area contributed by atoms with E-state index >= 15 is 0 Å². The molecule has 0 aliphatic carbocycles. The Kier molecular flexibility index (Phi) is 5.03. The molecule has 1 amide bonds. The lowest BCUT2D eigenvalue weighted by atomic mass is 9.95. The van der Waals surface area contributed by atoms with Crippen LogP contribution < -0.4 is 14.4 Å². The quantitative estimate of drug-likeness (QED) is 0.599. The van der Waals surface area contributed by atoms with Gasteiger partial charge in [0, 0.05) is 0 Å². The number of aromatic nitrogens is 2. The zero-order chi connectivity index (χ0) is 20.5. The van der Waals surface area contributed by atoms with Crippen molar-refractivity contribution in [1.29, 1.82) is 0 Å². The van der Waals surface area contributed by atoms with Crippen LogP contribution in [0, 0.1) is 0 Å². The SMILES string of the molecule is COc1ccc([C@H]2C(C(=O)c3cccs3)=C(O)C(=O)N2c2nncs2)cc1OC. The molecule has 0 bridgehead atoms. The normalized spacial score (nSPS) is 16.4. The monoisotopic (exact) mass is 429 g/mol. The van der Waals surface area contributed by atoms with Gasteiger partial charge in [0.15, 0.2) is 17.3 Å². The van der Waals surface area contributed by atoms with Crippen LogP contribution in [0.25, 0.3) is 0 Å². The molecule has 1 aromatic carbocycles. The first kappa shape index (κ1) is 19.1. The third-order valence-corrected chi connectivity index (χ3v) is 6.03. The van der Waals surface area contributed by atoms with Crippen molar-refractivity contribution in [3.63, 3.8) is 0 Å². The third-order valence-electron chi connectivity index (χ3n) is 4.48. The average Bonchev–Trinajstić information content (AvgIpc) is 3.49. The highest BCUT2D eigenvalue weighted by atomic mass is 32.1. The topological polar surface area (TPSA) is 102 Å². The summed E-state index contributed by atoms with van der Waals surface area (Å²) in [6.07, 6.45) is 0. The molecule has 0 saturated heterocycles. The van der Waals surface area contributed by atoms with Crippen LogP contribution in [0.1, 0.15) is 21.3 Å². The van der Waals surface area contributed by atoms with Gasteiger partial charge in [-0.2, -0.15) is 0 Å². The van der Waals surface area contributed by atoms with Gasteiger partial charge in [0.05, 0.1) is 30.7 Å². The summed E-state index contributed by atoms with van der Waals surface area (Å²) in [6.45, 7) is 0. The second kappa shape index (κ2) is 7.64. The van der Waals surface area contributed by atoms with Crippen LogP contribution in [0.15, 0.2) is 52.6 Å². The number of aliphatic hydroxyl groups excluding tert-OH is 1. The summed E-state index contributed by atoms with van der Waals surface area (Å²) in [4.78, 5) is 27.8. The number of ether oxygens (including phenoxy) is 2. The molecular formula is C19H15N3O5S2. The number of rotatable bonds is 6. The van der Waals surface area contributed by atoms with Crippen LogP contribution in [0.5, 0.6) is 11.5 Å². The molecule has 1 atom stereocenters. The minimum absolute atomic E-state index is 0.0140. The van der Waals surface area contributed by atoms with Crippen molar-refractivity contribution in [2.45, 2.75) is 6.04 Å². The van der Waals surface area contributed by atoms with Gasteiger partial charge in [-0.15, -0.1) is 21.5 Å². The van der Waals surface area contributed by atoms with Crippen molar-refractivity contribution in [2.24, 2.45) is 0 Å². The molecule has 8 nitrogen and oxygen atoms in total. The van der Waals surface area contributed by atoms with E-state index in [2.05, 4.69) is 10.2 Å². The van der Waals surface area contributed by atoms with Gasteiger partial charge < -0.3 is 14.6 Å². The fourth-order valence-electron chi connectivity index (χ4n) is 3.19. The number of Topliss-reactive ketones (excluding diaryl/α,β-unsaturated/α-hetero) is 1. The number of methoxy groups -OCH3 is 2. The zero-order valence-corrected chi connectivity index (χ0v) is 17.0. The average molecular weight is 429 g/mol. The molecular weight excluding hydrogens is 414 g/mol. The molecule has 10 heteroatoms. The molecule has 1 aliphatic rings. The summed E-state index contributed by atoms with van der Waals surface area (Å²) < 4.78 is 10.6. The van der Waals surface area contributed by atoms with Crippen molar-refractivity contribution in [3.8, 4) is 11.5 Å². The maximum absolute atomic E-state index is 13.2. The third kappa shape index (κ3) is 3.15. The smallest absolute Gasteiger partial charge is 0.296 e. The number of anilines is 1. The molecule has 3 aromatic rings. The Morgan fingerprint density at radius 2 is 1.97 bits per heavy atom. The van der Waals surface area contributed by atoms with Gasteiger partial charge in [-0.3, -0.25) is 14.5 Å². The lowest BCUT2D eigenvalue weighted by Crippen LogP contribution is -2.31. The summed E-state index contributed by atoms with van der Waals surface area (Å²) in [6, 6.07) is 7.57. The van der Waals surface area contributed by atoms with Crippen LogP contribution in [0.3, 0.4) is 0 Å². The van der Waals surface area contributed by atoms with Crippen LogP contribution in [-0.2, 0) is 4.79 Å². The summed E-state index contributed by atoms with van der Waals surface area (Å²) in [7, 11) is 3.01. The van der Waals surface area contributed by atoms with Gasteiger partial charge in [0.2, 0.25) is 10.9 Å². The Morgan fingerprint density at radius 3 is 2.59 bits per heavy atom. The Morgan fingerprint density at radius 1 is 1.17 bits per heavy atom. The highest BCUT2D eigenvalue weighted by molar-refractivity contribution is 7.13. The van der Waals surface area contributed by atoms with E-state index in [1.54, 1.807) is 35.7 Å². The molecule has 2 aromatic heterocycles. The number of amides is 1. The molecule has 3 heterocycles. The van der Waals surface area contributed by atoms with E-state index in [4.69, 9.17) is 9.47 Å².